The largest absolute Gasteiger partial charge is 0.379 e. The van der Waals surface area contributed by atoms with E-state index in [0.29, 0.717) is 17.7 Å². The van der Waals surface area contributed by atoms with Gasteiger partial charge in [-0.3, -0.25) is 9.69 Å². The highest BCUT2D eigenvalue weighted by Gasteiger charge is 2.55. The van der Waals surface area contributed by atoms with Crippen LogP contribution in [-0.2, 0) is 20.9 Å². The second-order valence-electron chi connectivity index (χ2n) is 8.80. The predicted octanol–water partition coefficient (Wildman–Crippen LogP) is 3.99. The van der Waals surface area contributed by atoms with Crippen molar-refractivity contribution in [2.45, 2.75) is 69.6 Å². The molecule has 4 unspecified atom stereocenters. The molecule has 4 fully saturated rings. The number of nitrogens with zero attached hydrogens (tertiary/aromatic N) is 1. The molecule has 148 valence electrons. The number of carbonyl (C=O) groups excluding carboxylic acids is 1. The first-order valence-corrected chi connectivity index (χ1v) is 11.7. The van der Waals surface area contributed by atoms with Crippen LogP contribution in [0, 0.1) is 11.8 Å². The molecule has 1 aliphatic heterocycles. The summed E-state index contributed by atoms with van der Waals surface area (Å²) in [4.78, 5) is 17.8. The maximum Gasteiger partial charge on any atom is 0.138 e. The lowest BCUT2D eigenvalue weighted by atomic mass is 9.88. The fourth-order valence-electron chi connectivity index (χ4n) is 5.90. The van der Waals surface area contributed by atoms with E-state index in [1.165, 1.54) is 37.0 Å². The molecule has 1 aromatic rings. The number of ketones is 1. The van der Waals surface area contributed by atoms with Crippen LogP contribution in [0.2, 0.25) is 0 Å². The molecule has 1 aromatic heterocycles. The molecule has 0 N–H and O–H groups in total. The lowest BCUT2D eigenvalue weighted by Gasteiger charge is -2.34. The van der Waals surface area contributed by atoms with Crippen molar-refractivity contribution in [2.24, 2.45) is 11.8 Å². The lowest BCUT2D eigenvalue weighted by molar-refractivity contribution is -0.124. The van der Waals surface area contributed by atoms with Crippen LogP contribution in [0.5, 0.6) is 0 Å². The van der Waals surface area contributed by atoms with Gasteiger partial charge in [0.15, 0.2) is 0 Å². The zero-order chi connectivity index (χ0) is 18.2. The number of Topliss-reactive ketones (excluding diaryl/α,β-unsaturated/α-hetero) is 1. The van der Waals surface area contributed by atoms with Gasteiger partial charge >= 0.3 is 0 Å². The molecule has 4 nitrogen and oxygen atoms in total. The van der Waals surface area contributed by atoms with Crippen LogP contribution in [-0.4, -0.2) is 49.1 Å². The molecule has 3 aliphatic carbocycles. The molecule has 2 heterocycles. The minimum atomic E-state index is 0.194. The Morgan fingerprint density at radius 3 is 2.78 bits per heavy atom. The molecule has 3 saturated carbocycles. The van der Waals surface area contributed by atoms with Crippen LogP contribution in [0.15, 0.2) is 12.1 Å². The number of ether oxygens (including phenoxy) is 2. The summed E-state index contributed by atoms with van der Waals surface area (Å²) in [6.07, 6.45) is 8.79. The Bertz CT molecular complexity index is 662. The molecule has 2 bridgehead atoms. The Morgan fingerprint density at radius 2 is 1.96 bits per heavy atom. The number of fused-ring (bicyclic) bond motifs is 2. The molecule has 5 rings (SSSR count). The van der Waals surface area contributed by atoms with E-state index in [4.69, 9.17) is 9.47 Å². The zero-order valence-electron chi connectivity index (χ0n) is 16.1. The Labute approximate surface area is 166 Å². The predicted molar refractivity (Wildman–Crippen MR) is 106 cm³/mol. The van der Waals surface area contributed by atoms with E-state index in [1.54, 1.807) is 4.88 Å². The van der Waals surface area contributed by atoms with Crippen molar-refractivity contribution < 1.29 is 14.3 Å². The smallest absolute Gasteiger partial charge is 0.138 e. The molecule has 0 aromatic carbocycles. The fourth-order valence-corrected chi connectivity index (χ4v) is 7.01. The van der Waals surface area contributed by atoms with Crippen LogP contribution in [0.25, 0.3) is 0 Å². The van der Waals surface area contributed by atoms with E-state index in [9.17, 15) is 4.79 Å². The van der Waals surface area contributed by atoms with Gasteiger partial charge in [-0.2, -0.15) is 0 Å². The second kappa shape index (κ2) is 7.94. The summed E-state index contributed by atoms with van der Waals surface area (Å²) in [5, 5.41) is 0. The Kier molecular flexibility index (Phi) is 5.38. The van der Waals surface area contributed by atoms with Crippen molar-refractivity contribution in [3.8, 4) is 0 Å². The SMILES string of the molecule is O=C1CC2C(OCc3ccc(C4CCCCC4)s3)CC1C2N1CCOCC1. The summed E-state index contributed by atoms with van der Waals surface area (Å²) in [7, 11) is 0. The van der Waals surface area contributed by atoms with E-state index in [-0.39, 0.29) is 12.0 Å². The second-order valence-corrected chi connectivity index (χ2v) is 10.0. The molecule has 4 atom stereocenters. The summed E-state index contributed by atoms with van der Waals surface area (Å²) in [5.41, 5.74) is 0. The molecule has 4 aliphatic rings. The first-order chi connectivity index (χ1) is 13.3. The molecule has 0 spiro atoms. The van der Waals surface area contributed by atoms with Gasteiger partial charge < -0.3 is 9.47 Å². The fraction of sp³-hybridized carbons (Fsp3) is 0.773. The average molecular weight is 390 g/mol. The van der Waals surface area contributed by atoms with Crippen LogP contribution < -0.4 is 0 Å². The highest BCUT2D eigenvalue weighted by Crippen LogP contribution is 2.47. The van der Waals surface area contributed by atoms with Gasteiger partial charge in [0, 0.05) is 47.1 Å². The standard InChI is InChI=1S/C22H31NO3S/c24-19-12-18-20(13-17(19)22(18)23-8-10-25-11-9-23)26-14-16-6-7-21(27-16)15-4-2-1-3-5-15/h6-7,15,17-18,20,22H,1-5,8-14H2. The quantitative estimate of drug-likeness (QED) is 0.763. The zero-order valence-corrected chi connectivity index (χ0v) is 16.9. The van der Waals surface area contributed by atoms with Gasteiger partial charge in [0.25, 0.3) is 0 Å². The number of thiophene rings is 1. The third kappa shape index (κ3) is 3.64. The third-order valence-corrected chi connectivity index (χ3v) is 8.48. The van der Waals surface area contributed by atoms with E-state index in [1.807, 2.05) is 11.3 Å². The molecular formula is C22H31NO3S. The molecule has 1 saturated heterocycles. The monoisotopic (exact) mass is 389 g/mol. The number of rotatable bonds is 5. The molecule has 27 heavy (non-hydrogen) atoms. The van der Waals surface area contributed by atoms with E-state index in [0.717, 1.165) is 51.7 Å². The van der Waals surface area contributed by atoms with Crippen molar-refractivity contribution in [3.05, 3.63) is 21.9 Å². The topological polar surface area (TPSA) is 38.8 Å². The van der Waals surface area contributed by atoms with Gasteiger partial charge in [-0.1, -0.05) is 19.3 Å². The van der Waals surface area contributed by atoms with Crippen molar-refractivity contribution in [2.75, 3.05) is 26.3 Å². The summed E-state index contributed by atoms with van der Waals surface area (Å²) in [6, 6.07) is 5.00. The summed E-state index contributed by atoms with van der Waals surface area (Å²) < 4.78 is 11.9. The van der Waals surface area contributed by atoms with Gasteiger partial charge in [0.05, 0.1) is 25.9 Å². The highest BCUT2D eigenvalue weighted by atomic mass is 32.1. The normalized spacial score (nSPS) is 35.2. The Morgan fingerprint density at radius 1 is 1.15 bits per heavy atom. The van der Waals surface area contributed by atoms with Gasteiger partial charge in [-0.25, -0.2) is 0 Å². The van der Waals surface area contributed by atoms with Crippen LogP contribution in [0.1, 0.15) is 60.6 Å². The van der Waals surface area contributed by atoms with Crippen molar-refractivity contribution in [1.29, 1.82) is 0 Å². The van der Waals surface area contributed by atoms with Crippen LogP contribution in [0.3, 0.4) is 0 Å². The van der Waals surface area contributed by atoms with E-state index < -0.39 is 0 Å². The number of morpholine rings is 1. The molecular weight excluding hydrogens is 358 g/mol. The van der Waals surface area contributed by atoms with Gasteiger partial charge in [0.1, 0.15) is 5.78 Å². The van der Waals surface area contributed by atoms with Crippen LogP contribution >= 0.6 is 11.3 Å². The van der Waals surface area contributed by atoms with Crippen molar-refractivity contribution in [3.63, 3.8) is 0 Å². The number of hydrogen-bond donors (Lipinski definition) is 0. The van der Waals surface area contributed by atoms with Crippen molar-refractivity contribution >= 4 is 17.1 Å². The summed E-state index contributed by atoms with van der Waals surface area (Å²) >= 11 is 1.95. The number of hydrogen-bond acceptors (Lipinski definition) is 5. The van der Waals surface area contributed by atoms with Gasteiger partial charge in [-0.15, -0.1) is 11.3 Å². The maximum atomic E-state index is 12.4. The van der Waals surface area contributed by atoms with E-state index >= 15 is 0 Å². The first-order valence-electron chi connectivity index (χ1n) is 10.8. The lowest BCUT2D eigenvalue weighted by Crippen LogP contribution is -2.46. The minimum absolute atomic E-state index is 0.194. The summed E-state index contributed by atoms with van der Waals surface area (Å²) in [5.74, 6) is 1.83. The van der Waals surface area contributed by atoms with Crippen molar-refractivity contribution in [1.82, 2.24) is 4.90 Å². The highest BCUT2D eigenvalue weighted by molar-refractivity contribution is 7.12. The Hall–Kier alpha value is -0.750. The maximum absolute atomic E-state index is 12.4. The van der Waals surface area contributed by atoms with Crippen LogP contribution in [0.4, 0.5) is 0 Å². The molecule has 0 amide bonds. The molecule has 5 heteroatoms. The van der Waals surface area contributed by atoms with E-state index in [2.05, 4.69) is 17.0 Å². The first kappa shape index (κ1) is 18.3. The Balaban J connectivity index is 1.19. The minimum Gasteiger partial charge on any atom is -0.379 e. The molecule has 0 radical (unpaired) electrons. The summed E-state index contributed by atoms with van der Waals surface area (Å²) in [6.45, 7) is 4.25. The average Bonchev–Trinajstić information content (AvgIpc) is 3.40. The third-order valence-electron chi connectivity index (χ3n) is 7.26. The van der Waals surface area contributed by atoms with Gasteiger partial charge in [0.2, 0.25) is 0 Å². The number of carbonyl (C=O) groups is 1. The van der Waals surface area contributed by atoms with Gasteiger partial charge in [-0.05, 0) is 37.3 Å².